The highest BCUT2D eigenvalue weighted by Gasteiger charge is 2.48. The molecule has 114 valence electrons. The van der Waals surface area contributed by atoms with Gasteiger partial charge in [-0.3, -0.25) is 4.79 Å². The van der Waals surface area contributed by atoms with Gasteiger partial charge in [0, 0.05) is 12.8 Å². The summed E-state index contributed by atoms with van der Waals surface area (Å²) in [5.74, 6) is -0.0279. The standard InChI is InChI=1S/C7H5F3O3S.C5H10O/c8-7(9,10)14(11,12)13-6-4-2-1-3-5-6;1-3-5(6)4-2/h1-5H;3-4H2,1-2H3. The van der Waals surface area contributed by atoms with Gasteiger partial charge in [0.2, 0.25) is 0 Å². The minimum Gasteiger partial charge on any atom is -0.376 e. The van der Waals surface area contributed by atoms with Gasteiger partial charge in [-0.2, -0.15) is 21.6 Å². The van der Waals surface area contributed by atoms with Crippen molar-refractivity contribution in [2.24, 2.45) is 0 Å². The van der Waals surface area contributed by atoms with Crippen LogP contribution in [0.25, 0.3) is 0 Å². The Morgan fingerprint density at radius 3 is 1.85 bits per heavy atom. The first-order valence-corrected chi connectivity index (χ1v) is 7.12. The number of ketones is 1. The predicted octanol–water partition coefficient (Wildman–Crippen LogP) is 3.29. The fourth-order valence-electron chi connectivity index (χ4n) is 0.900. The molecule has 0 radical (unpaired) electrons. The number of hydrogen-bond donors (Lipinski definition) is 0. The largest absolute Gasteiger partial charge is 0.534 e. The highest BCUT2D eigenvalue weighted by Crippen LogP contribution is 2.26. The fraction of sp³-hybridized carbons (Fsp3) is 0.417. The molecule has 0 N–H and O–H groups in total. The zero-order valence-electron chi connectivity index (χ0n) is 11.0. The lowest BCUT2D eigenvalue weighted by Gasteiger charge is -2.08. The van der Waals surface area contributed by atoms with Gasteiger partial charge in [-0.05, 0) is 12.1 Å². The van der Waals surface area contributed by atoms with Crippen LogP contribution in [0.5, 0.6) is 5.75 Å². The van der Waals surface area contributed by atoms with Crippen LogP contribution in [0.4, 0.5) is 13.2 Å². The second-order valence-corrected chi connectivity index (χ2v) is 5.08. The topological polar surface area (TPSA) is 60.4 Å². The van der Waals surface area contributed by atoms with Crippen molar-refractivity contribution in [3.8, 4) is 5.75 Å². The van der Waals surface area contributed by atoms with Crippen molar-refractivity contribution >= 4 is 15.9 Å². The molecule has 1 aromatic rings. The fourth-order valence-corrected chi connectivity index (χ4v) is 1.36. The van der Waals surface area contributed by atoms with Gasteiger partial charge in [0.25, 0.3) is 0 Å². The zero-order chi connectivity index (χ0) is 15.8. The molecule has 20 heavy (non-hydrogen) atoms. The first-order chi connectivity index (χ1) is 9.14. The third-order valence-electron chi connectivity index (χ3n) is 2.02. The monoisotopic (exact) mass is 312 g/mol. The molecule has 0 atom stereocenters. The third kappa shape index (κ3) is 6.55. The van der Waals surface area contributed by atoms with Crippen LogP contribution in [0.3, 0.4) is 0 Å². The molecule has 0 bridgehead atoms. The number of para-hydroxylation sites is 1. The van der Waals surface area contributed by atoms with E-state index < -0.39 is 15.6 Å². The summed E-state index contributed by atoms with van der Waals surface area (Å²) in [5, 5.41) is 0. The lowest BCUT2D eigenvalue weighted by molar-refractivity contribution is -0.118. The number of carbonyl (C=O) groups excluding carboxylic acids is 1. The first kappa shape index (κ1) is 18.4. The van der Waals surface area contributed by atoms with Gasteiger partial charge in [0.1, 0.15) is 11.5 Å². The maximum absolute atomic E-state index is 11.8. The predicted molar refractivity (Wildman–Crippen MR) is 67.6 cm³/mol. The molecule has 0 unspecified atom stereocenters. The summed E-state index contributed by atoms with van der Waals surface area (Å²) < 4.78 is 60.2. The second kappa shape index (κ2) is 7.88. The van der Waals surface area contributed by atoms with Crippen molar-refractivity contribution in [2.75, 3.05) is 0 Å². The van der Waals surface area contributed by atoms with Crippen LogP contribution < -0.4 is 4.18 Å². The van der Waals surface area contributed by atoms with E-state index in [1.165, 1.54) is 18.2 Å². The van der Waals surface area contributed by atoms with E-state index in [4.69, 9.17) is 0 Å². The number of halogens is 3. The van der Waals surface area contributed by atoms with E-state index in [1.54, 1.807) is 0 Å². The molecular formula is C12H15F3O4S. The molecule has 0 saturated heterocycles. The molecule has 0 spiro atoms. The van der Waals surface area contributed by atoms with Crippen LogP contribution in [0.15, 0.2) is 30.3 Å². The number of alkyl halides is 3. The van der Waals surface area contributed by atoms with Crippen LogP contribution in [0, 0.1) is 0 Å². The normalized spacial score (nSPS) is 11.2. The molecule has 0 heterocycles. The minimum atomic E-state index is -5.55. The van der Waals surface area contributed by atoms with Crippen LogP contribution in [0.2, 0.25) is 0 Å². The number of benzene rings is 1. The van der Waals surface area contributed by atoms with Crippen molar-refractivity contribution in [2.45, 2.75) is 32.2 Å². The molecule has 1 aromatic carbocycles. The van der Waals surface area contributed by atoms with E-state index in [-0.39, 0.29) is 5.75 Å². The Hall–Kier alpha value is -1.57. The molecule has 0 aliphatic heterocycles. The molecule has 0 aliphatic carbocycles. The summed E-state index contributed by atoms with van der Waals surface area (Å²) in [7, 11) is -5.55. The van der Waals surface area contributed by atoms with E-state index in [0.717, 1.165) is 12.1 Å². The summed E-state index contributed by atoms with van der Waals surface area (Å²) >= 11 is 0. The summed E-state index contributed by atoms with van der Waals surface area (Å²) in [6.07, 6.45) is 1.38. The SMILES string of the molecule is CCC(=O)CC.O=S(=O)(Oc1ccccc1)C(F)(F)F. The van der Waals surface area contributed by atoms with Crippen molar-refractivity contribution in [1.29, 1.82) is 0 Å². The summed E-state index contributed by atoms with van der Waals surface area (Å²) in [6, 6.07) is 6.47. The maximum Gasteiger partial charge on any atom is 0.534 e. The molecule has 4 nitrogen and oxygen atoms in total. The van der Waals surface area contributed by atoms with Gasteiger partial charge in [-0.25, -0.2) is 0 Å². The highest BCUT2D eigenvalue weighted by molar-refractivity contribution is 7.87. The summed E-state index contributed by atoms with van der Waals surface area (Å²) in [6.45, 7) is 3.76. The van der Waals surface area contributed by atoms with E-state index >= 15 is 0 Å². The van der Waals surface area contributed by atoms with Gasteiger partial charge >= 0.3 is 15.6 Å². The van der Waals surface area contributed by atoms with Gasteiger partial charge in [0.15, 0.2) is 0 Å². The summed E-state index contributed by atoms with van der Waals surface area (Å²) in [4.78, 5) is 10.2. The van der Waals surface area contributed by atoms with Crippen molar-refractivity contribution in [3.05, 3.63) is 30.3 Å². The summed E-state index contributed by atoms with van der Waals surface area (Å²) in [5.41, 5.74) is -5.40. The number of rotatable bonds is 4. The molecule has 8 heteroatoms. The molecule has 0 aliphatic rings. The molecular weight excluding hydrogens is 297 g/mol. The van der Waals surface area contributed by atoms with Gasteiger partial charge < -0.3 is 4.18 Å². The second-order valence-electron chi connectivity index (χ2n) is 3.54. The van der Waals surface area contributed by atoms with E-state index in [2.05, 4.69) is 4.18 Å². The van der Waals surface area contributed by atoms with Gasteiger partial charge in [-0.1, -0.05) is 32.0 Å². The number of carbonyl (C=O) groups is 1. The Balaban J connectivity index is 0.000000511. The van der Waals surface area contributed by atoms with Gasteiger partial charge in [0.05, 0.1) is 0 Å². The molecule has 0 saturated carbocycles. The van der Waals surface area contributed by atoms with E-state index in [9.17, 15) is 26.4 Å². The average Bonchev–Trinajstić information content (AvgIpc) is 2.38. The highest BCUT2D eigenvalue weighted by atomic mass is 32.2. The molecule has 1 rings (SSSR count). The Morgan fingerprint density at radius 1 is 1.10 bits per heavy atom. The van der Waals surface area contributed by atoms with Crippen LogP contribution >= 0.6 is 0 Å². The van der Waals surface area contributed by atoms with Crippen LogP contribution in [-0.2, 0) is 14.9 Å². The Kier molecular flexibility index (Phi) is 7.26. The Bertz CT molecular complexity index is 503. The molecule has 0 amide bonds. The van der Waals surface area contributed by atoms with Crippen LogP contribution in [-0.4, -0.2) is 19.7 Å². The molecule has 0 fully saturated rings. The first-order valence-electron chi connectivity index (χ1n) is 5.71. The van der Waals surface area contributed by atoms with E-state index in [0.29, 0.717) is 18.6 Å². The Morgan fingerprint density at radius 2 is 1.55 bits per heavy atom. The minimum absolute atomic E-state index is 0.343. The quantitative estimate of drug-likeness (QED) is 0.632. The third-order valence-corrected chi connectivity index (χ3v) is 3.00. The number of Topliss-reactive ketones (excluding diaryl/α,β-unsaturated/α-hetero) is 1. The molecule has 0 aromatic heterocycles. The zero-order valence-corrected chi connectivity index (χ0v) is 11.8. The maximum atomic E-state index is 11.8. The smallest absolute Gasteiger partial charge is 0.376 e. The lowest BCUT2D eigenvalue weighted by Crippen LogP contribution is -2.27. The lowest BCUT2D eigenvalue weighted by atomic mass is 10.3. The number of hydrogen-bond acceptors (Lipinski definition) is 4. The van der Waals surface area contributed by atoms with Crippen molar-refractivity contribution < 1.29 is 30.6 Å². The van der Waals surface area contributed by atoms with E-state index in [1.807, 2.05) is 13.8 Å². The Labute approximate surface area is 115 Å². The average molecular weight is 312 g/mol. The van der Waals surface area contributed by atoms with Crippen LogP contribution in [0.1, 0.15) is 26.7 Å². The van der Waals surface area contributed by atoms with Crippen molar-refractivity contribution in [1.82, 2.24) is 0 Å². The van der Waals surface area contributed by atoms with Gasteiger partial charge in [-0.15, -0.1) is 0 Å². The van der Waals surface area contributed by atoms with Crippen molar-refractivity contribution in [3.63, 3.8) is 0 Å².